The fourth-order valence-corrected chi connectivity index (χ4v) is 6.51. The van der Waals surface area contributed by atoms with E-state index in [2.05, 4.69) is 36.2 Å². The van der Waals surface area contributed by atoms with Crippen molar-refractivity contribution in [1.29, 1.82) is 0 Å². The fraction of sp³-hybridized carbons (Fsp3) is 0.562. The second kappa shape index (κ2) is 13.8. The van der Waals surface area contributed by atoms with E-state index in [1.165, 1.54) is 24.8 Å². The van der Waals surface area contributed by atoms with Gasteiger partial charge in [0.25, 0.3) is 5.91 Å². The molecule has 0 aromatic heterocycles. The van der Waals surface area contributed by atoms with Gasteiger partial charge in [0.1, 0.15) is 0 Å². The Morgan fingerprint density at radius 1 is 1.05 bits per heavy atom. The van der Waals surface area contributed by atoms with Crippen LogP contribution in [0.4, 0.5) is 0 Å². The van der Waals surface area contributed by atoms with E-state index in [9.17, 15) is 4.79 Å². The molecule has 5 rings (SSSR count). The number of carbonyl (C=O) groups excluding carboxylic acids is 1. The number of nitrogens with zero attached hydrogens (tertiary/aromatic N) is 3. The average molecular weight is 570 g/mol. The van der Waals surface area contributed by atoms with Gasteiger partial charge in [0.2, 0.25) is 0 Å². The zero-order valence-electron chi connectivity index (χ0n) is 24.4. The Morgan fingerprint density at radius 2 is 1.80 bits per heavy atom. The largest absolute Gasteiger partial charge is 0.493 e. The van der Waals surface area contributed by atoms with Gasteiger partial charge in [-0.25, -0.2) is 0 Å². The summed E-state index contributed by atoms with van der Waals surface area (Å²) >= 11 is 0. The van der Waals surface area contributed by atoms with Crippen LogP contribution in [0, 0.1) is 0 Å². The molecule has 2 aliphatic heterocycles. The summed E-state index contributed by atoms with van der Waals surface area (Å²) in [6, 6.07) is 12.8. The molecule has 2 heterocycles. The molecule has 0 radical (unpaired) electrons. The van der Waals surface area contributed by atoms with Gasteiger partial charge in [0.05, 0.1) is 32.1 Å². The van der Waals surface area contributed by atoms with Crippen LogP contribution in [0.25, 0.3) is 0 Å². The second-order valence-electron chi connectivity index (χ2n) is 11.1. The maximum absolute atomic E-state index is 13.6. The summed E-state index contributed by atoms with van der Waals surface area (Å²) in [6.07, 6.45) is 6.80. The van der Waals surface area contributed by atoms with Crippen LogP contribution in [0.2, 0.25) is 0 Å². The van der Waals surface area contributed by atoms with Gasteiger partial charge in [-0.1, -0.05) is 31.4 Å². The molecule has 2 fully saturated rings. The highest BCUT2D eigenvalue weighted by Gasteiger charge is 2.36. The SMILES string of the molecule is CCOc1cc2c(cc1OC)C(c1ccc(C(=O)N(CCOC)C3CCCCC3)cc1)=N[C@@H]1CCN(C)C[C@H]21.Cl. The minimum atomic E-state index is 0. The molecule has 2 aromatic rings. The molecule has 218 valence electrons. The van der Waals surface area contributed by atoms with E-state index >= 15 is 0 Å². The van der Waals surface area contributed by atoms with Gasteiger partial charge in [0, 0.05) is 48.8 Å². The molecule has 1 saturated heterocycles. The third-order valence-corrected chi connectivity index (χ3v) is 8.58. The van der Waals surface area contributed by atoms with E-state index in [1.807, 2.05) is 24.0 Å². The zero-order chi connectivity index (χ0) is 27.4. The lowest BCUT2D eigenvalue weighted by Crippen LogP contribution is -2.43. The molecule has 0 bridgehead atoms. The Hall–Kier alpha value is -2.61. The number of halogens is 1. The number of aliphatic imine (C=N–C) groups is 1. The normalized spacial score (nSPS) is 20.9. The van der Waals surface area contributed by atoms with Crippen molar-refractivity contribution in [3.8, 4) is 11.5 Å². The van der Waals surface area contributed by atoms with Crippen molar-refractivity contribution in [2.75, 3.05) is 54.1 Å². The molecule has 1 saturated carbocycles. The van der Waals surface area contributed by atoms with Crippen molar-refractivity contribution >= 4 is 24.0 Å². The van der Waals surface area contributed by atoms with Gasteiger partial charge in [-0.05, 0) is 69.6 Å². The van der Waals surface area contributed by atoms with Gasteiger partial charge < -0.3 is 24.0 Å². The first kappa shape index (κ1) is 30.4. The highest BCUT2D eigenvalue weighted by atomic mass is 35.5. The summed E-state index contributed by atoms with van der Waals surface area (Å²) in [6.45, 7) is 5.77. The van der Waals surface area contributed by atoms with E-state index in [1.54, 1.807) is 14.2 Å². The second-order valence-corrected chi connectivity index (χ2v) is 11.1. The molecular weight excluding hydrogens is 526 g/mol. The monoisotopic (exact) mass is 569 g/mol. The Kier molecular flexibility index (Phi) is 10.5. The summed E-state index contributed by atoms with van der Waals surface area (Å²) in [5.41, 5.74) is 5.08. The lowest BCUT2D eigenvalue weighted by Gasteiger charge is -2.39. The van der Waals surface area contributed by atoms with Crippen LogP contribution in [0.1, 0.15) is 78.4 Å². The molecule has 2 atom stereocenters. The summed E-state index contributed by atoms with van der Waals surface area (Å²) in [7, 11) is 5.56. The van der Waals surface area contributed by atoms with Crippen molar-refractivity contribution in [2.45, 2.75) is 63.5 Å². The zero-order valence-corrected chi connectivity index (χ0v) is 25.2. The number of carbonyl (C=O) groups is 1. The number of amides is 1. The van der Waals surface area contributed by atoms with Crippen LogP contribution in [0.15, 0.2) is 41.4 Å². The van der Waals surface area contributed by atoms with E-state index < -0.39 is 0 Å². The number of methoxy groups -OCH3 is 2. The Labute approximate surface area is 245 Å². The maximum atomic E-state index is 13.6. The number of fused-ring (bicyclic) bond motifs is 3. The van der Waals surface area contributed by atoms with Crippen LogP contribution in [-0.2, 0) is 4.74 Å². The molecule has 1 aliphatic carbocycles. The van der Waals surface area contributed by atoms with Gasteiger partial charge in [-0.15, -0.1) is 12.4 Å². The summed E-state index contributed by atoms with van der Waals surface area (Å²) in [5, 5.41) is 0. The number of hydrogen-bond donors (Lipinski definition) is 0. The lowest BCUT2D eigenvalue weighted by atomic mass is 9.79. The molecular formula is C32H44ClN3O4. The molecule has 0 unspecified atom stereocenters. The standard InChI is InChI=1S/C32H43N3O4.ClH/c1-5-39-30-19-25-26(20-29(30)38-4)31(33-28-15-16-34(2)21-27(25)28)22-11-13-23(14-12-22)32(36)35(17-18-37-3)24-9-7-6-8-10-24;/h11-14,19-20,24,27-28H,5-10,15-18,21H2,1-4H3;1H/t27-,28-;/m1./s1. The smallest absolute Gasteiger partial charge is 0.254 e. The Morgan fingerprint density at radius 3 is 2.48 bits per heavy atom. The molecule has 0 N–H and O–H groups in total. The maximum Gasteiger partial charge on any atom is 0.254 e. The van der Waals surface area contributed by atoms with Gasteiger partial charge >= 0.3 is 0 Å². The van der Waals surface area contributed by atoms with Gasteiger partial charge in [0.15, 0.2) is 11.5 Å². The Balaban J connectivity index is 0.00000370. The average Bonchev–Trinajstić information content (AvgIpc) is 2.97. The van der Waals surface area contributed by atoms with E-state index in [4.69, 9.17) is 19.2 Å². The first-order chi connectivity index (χ1) is 19.0. The highest BCUT2D eigenvalue weighted by molar-refractivity contribution is 6.15. The number of likely N-dealkylation sites (tertiary alicyclic amines) is 1. The molecule has 1 amide bonds. The van der Waals surface area contributed by atoms with Gasteiger partial charge in [-0.2, -0.15) is 0 Å². The van der Waals surface area contributed by atoms with Crippen molar-refractivity contribution in [3.05, 3.63) is 58.7 Å². The first-order valence-electron chi connectivity index (χ1n) is 14.6. The van der Waals surface area contributed by atoms with E-state index in [0.717, 1.165) is 66.3 Å². The van der Waals surface area contributed by atoms with Crippen molar-refractivity contribution in [3.63, 3.8) is 0 Å². The predicted octanol–water partition coefficient (Wildman–Crippen LogP) is 5.58. The number of piperidine rings is 1. The molecule has 0 spiro atoms. The number of benzene rings is 2. The van der Waals surface area contributed by atoms with Crippen molar-refractivity contribution < 1.29 is 19.0 Å². The number of ether oxygens (including phenoxy) is 3. The number of rotatable bonds is 9. The number of likely N-dealkylation sites (N-methyl/N-ethyl adjacent to an activating group) is 1. The minimum absolute atomic E-state index is 0. The van der Waals surface area contributed by atoms with Crippen LogP contribution in [-0.4, -0.2) is 87.6 Å². The van der Waals surface area contributed by atoms with Crippen molar-refractivity contribution in [1.82, 2.24) is 9.80 Å². The quantitative estimate of drug-likeness (QED) is 0.395. The third kappa shape index (κ3) is 6.32. The highest BCUT2D eigenvalue weighted by Crippen LogP contribution is 2.42. The fourth-order valence-electron chi connectivity index (χ4n) is 6.51. The third-order valence-electron chi connectivity index (χ3n) is 8.58. The lowest BCUT2D eigenvalue weighted by molar-refractivity contribution is 0.0551. The molecule has 7 nitrogen and oxygen atoms in total. The molecule has 8 heteroatoms. The first-order valence-corrected chi connectivity index (χ1v) is 14.6. The van der Waals surface area contributed by atoms with Crippen LogP contribution >= 0.6 is 12.4 Å². The summed E-state index contributed by atoms with van der Waals surface area (Å²) in [5.74, 6) is 1.92. The molecule has 2 aromatic carbocycles. The number of hydrogen-bond acceptors (Lipinski definition) is 6. The molecule has 3 aliphatic rings. The van der Waals surface area contributed by atoms with E-state index in [-0.39, 0.29) is 24.4 Å². The van der Waals surface area contributed by atoms with E-state index in [0.29, 0.717) is 31.7 Å². The summed E-state index contributed by atoms with van der Waals surface area (Å²) < 4.78 is 17.0. The predicted molar refractivity (Wildman–Crippen MR) is 162 cm³/mol. The minimum Gasteiger partial charge on any atom is -0.493 e. The van der Waals surface area contributed by atoms with Crippen LogP contribution < -0.4 is 9.47 Å². The van der Waals surface area contributed by atoms with Crippen molar-refractivity contribution in [2.24, 2.45) is 4.99 Å². The topological polar surface area (TPSA) is 63.6 Å². The Bertz CT molecular complexity index is 1180. The van der Waals surface area contributed by atoms with Gasteiger partial charge in [-0.3, -0.25) is 9.79 Å². The van der Waals surface area contributed by atoms with Crippen LogP contribution in [0.3, 0.4) is 0 Å². The summed E-state index contributed by atoms with van der Waals surface area (Å²) in [4.78, 5) is 23.4. The van der Waals surface area contributed by atoms with Crippen LogP contribution in [0.5, 0.6) is 11.5 Å². The molecule has 40 heavy (non-hydrogen) atoms.